The molecule has 0 aliphatic rings. The van der Waals surface area contributed by atoms with Crippen molar-refractivity contribution in [3.05, 3.63) is 66.6 Å². The molecule has 0 unspecified atom stereocenters. The summed E-state index contributed by atoms with van der Waals surface area (Å²) in [6, 6.07) is 17.1. The second-order valence-corrected chi connectivity index (χ2v) is 5.93. The van der Waals surface area contributed by atoms with Gasteiger partial charge in [-0.15, -0.1) is 11.3 Å². The Bertz CT molecular complexity index is 943. The van der Waals surface area contributed by atoms with E-state index in [4.69, 9.17) is 4.52 Å². The maximum absolute atomic E-state index is 12.0. The SMILES string of the molecule is O=C(Nc1cccc(-c2nc3ccccc3s2)c1)c1ccno1. The van der Waals surface area contributed by atoms with E-state index < -0.39 is 0 Å². The van der Waals surface area contributed by atoms with Gasteiger partial charge in [0.15, 0.2) is 0 Å². The fraction of sp³-hybridized carbons (Fsp3) is 0. The Hall–Kier alpha value is -2.99. The Morgan fingerprint density at radius 3 is 2.83 bits per heavy atom. The average molecular weight is 321 g/mol. The highest BCUT2D eigenvalue weighted by Crippen LogP contribution is 2.31. The third-order valence-electron chi connectivity index (χ3n) is 3.32. The number of fused-ring (bicyclic) bond motifs is 1. The third kappa shape index (κ3) is 2.72. The standard InChI is InChI=1S/C17H11N3O2S/c21-16(14-8-9-18-22-14)19-12-5-3-4-11(10-12)17-20-13-6-1-2-7-15(13)23-17/h1-10H,(H,19,21). The van der Waals surface area contributed by atoms with Gasteiger partial charge in [0.1, 0.15) is 5.01 Å². The summed E-state index contributed by atoms with van der Waals surface area (Å²) in [5.74, 6) is -0.153. The number of nitrogens with one attached hydrogen (secondary N) is 1. The summed E-state index contributed by atoms with van der Waals surface area (Å²) in [7, 11) is 0. The monoisotopic (exact) mass is 321 g/mol. The molecule has 0 aliphatic carbocycles. The number of hydrogen-bond acceptors (Lipinski definition) is 5. The van der Waals surface area contributed by atoms with Crippen molar-refractivity contribution in [3.63, 3.8) is 0 Å². The van der Waals surface area contributed by atoms with E-state index in [2.05, 4.69) is 15.5 Å². The normalized spacial score (nSPS) is 10.8. The van der Waals surface area contributed by atoms with Crippen LogP contribution in [0, 0.1) is 0 Å². The second kappa shape index (κ2) is 5.66. The summed E-state index contributed by atoms with van der Waals surface area (Å²) >= 11 is 1.62. The van der Waals surface area contributed by atoms with Gasteiger partial charge in [-0.3, -0.25) is 4.79 Å². The first-order valence-corrected chi connectivity index (χ1v) is 7.79. The van der Waals surface area contributed by atoms with E-state index in [-0.39, 0.29) is 11.7 Å². The number of hydrogen-bond donors (Lipinski definition) is 1. The average Bonchev–Trinajstić information content (AvgIpc) is 3.24. The minimum absolute atomic E-state index is 0.176. The summed E-state index contributed by atoms with van der Waals surface area (Å²) in [4.78, 5) is 16.6. The molecule has 4 rings (SSSR count). The molecule has 5 nitrogen and oxygen atoms in total. The van der Waals surface area contributed by atoms with Gasteiger partial charge in [-0.25, -0.2) is 4.98 Å². The van der Waals surface area contributed by atoms with E-state index in [0.29, 0.717) is 5.69 Å². The summed E-state index contributed by atoms with van der Waals surface area (Å²) in [6.45, 7) is 0. The molecule has 0 fully saturated rings. The summed E-state index contributed by atoms with van der Waals surface area (Å²) in [6.07, 6.45) is 1.44. The predicted molar refractivity (Wildman–Crippen MR) is 89.5 cm³/mol. The van der Waals surface area contributed by atoms with Crippen molar-refractivity contribution in [2.24, 2.45) is 0 Å². The van der Waals surface area contributed by atoms with Gasteiger partial charge in [-0.05, 0) is 24.3 Å². The molecule has 0 spiro atoms. The lowest BCUT2D eigenvalue weighted by Crippen LogP contribution is -2.10. The highest BCUT2D eigenvalue weighted by molar-refractivity contribution is 7.21. The molecule has 4 aromatic rings. The Kier molecular flexibility index (Phi) is 3.36. The molecule has 6 heteroatoms. The van der Waals surface area contributed by atoms with Gasteiger partial charge in [0, 0.05) is 17.3 Å². The molecule has 112 valence electrons. The second-order valence-electron chi connectivity index (χ2n) is 4.90. The Balaban J connectivity index is 1.64. The van der Waals surface area contributed by atoms with Crippen LogP contribution in [0.4, 0.5) is 5.69 Å². The number of rotatable bonds is 3. The Morgan fingerprint density at radius 2 is 2.00 bits per heavy atom. The number of benzene rings is 2. The fourth-order valence-electron chi connectivity index (χ4n) is 2.25. The van der Waals surface area contributed by atoms with Crippen molar-refractivity contribution < 1.29 is 9.32 Å². The molecule has 0 atom stereocenters. The lowest BCUT2D eigenvalue weighted by Gasteiger charge is -2.04. The van der Waals surface area contributed by atoms with Crippen LogP contribution in [0.15, 0.2) is 65.3 Å². The van der Waals surface area contributed by atoms with E-state index in [9.17, 15) is 4.79 Å². The van der Waals surface area contributed by atoms with Crippen LogP contribution in [-0.4, -0.2) is 16.0 Å². The van der Waals surface area contributed by atoms with Gasteiger partial charge in [0.25, 0.3) is 5.91 Å². The van der Waals surface area contributed by atoms with Crippen LogP contribution in [0.5, 0.6) is 0 Å². The van der Waals surface area contributed by atoms with Crippen LogP contribution < -0.4 is 5.32 Å². The minimum Gasteiger partial charge on any atom is -0.351 e. The molecule has 2 aromatic carbocycles. The van der Waals surface area contributed by atoms with Crippen molar-refractivity contribution in [1.82, 2.24) is 10.1 Å². The highest BCUT2D eigenvalue weighted by atomic mass is 32.1. The molecule has 0 radical (unpaired) electrons. The van der Waals surface area contributed by atoms with E-state index >= 15 is 0 Å². The Labute approximate surface area is 135 Å². The zero-order chi connectivity index (χ0) is 15.6. The lowest BCUT2D eigenvalue weighted by molar-refractivity contribution is 0.0988. The van der Waals surface area contributed by atoms with Crippen molar-refractivity contribution in [3.8, 4) is 10.6 Å². The molecule has 0 aliphatic heterocycles. The maximum atomic E-state index is 12.0. The van der Waals surface area contributed by atoms with Crippen LogP contribution >= 0.6 is 11.3 Å². The van der Waals surface area contributed by atoms with Crippen molar-refractivity contribution in [2.75, 3.05) is 5.32 Å². The fourth-order valence-corrected chi connectivity index (χ4v) is 3.21. The zero-order valence-electron chi connectivity index (χ0n) is 11.9. The van der Waals surface area contributed by atoms with Crippen molar-refractivity contribution in [2.45, 2.75) is 0 Å². The molecule has 2 heterocycles. The molecule has 23 heavy (non-hydrogen) atoms. The first-order valence-electron chi connectivity index (χ1n) is 6.98. The Morgan fingerprint density at radius 1 is 1.09 bits per heavy atom. The van der Waals surface area contributed by atoms with E-state index in [1.807, 2.05) is 48.5 Å². The highest BCUT2D eigenvalue weighted by Gasteiger charge is 2.11. The van der Waals surface area contributed by atoms with Gasteiger partial charge in [0.2, 0.25) is 5.76 Å². The van der Waals surface area contributed by atoms with Gasteiger partial charge < -0.3 is 9.84 Å². The first kappa shape index (κ1) is 13.7. The molecule has 0 saturated heterocycles. The van der Waals surface area contributed by atoms with Gasteiger partial charge in [-0.1, -0.05) is 29.4 Å². The van der Waals surface area contributed by atoms with Crippen LogP contribution in [0.1, 0.15) is 10.6 Å². The summed E-state index contributed by atoms with van der Waals surface area (Å²) in [5.41, 5.74) is 2.62. The molecule has 0 bridgehead atoms. The summed E-state index contributed by atoms with van der Waals surface area (Å²) < 4.78 is 5.99. The lowest BCUT2D eigenvalue weighted by atomic mass is 10.2. The smallest absolute Gasteiger partial charge is 0.294 e. The maximum Gasteiger partial charge on any atom is 0.294 e. The number of carbonyl (C=O) groups excluding carboxylic acids is 1. The van der Waals surface area contributed by atoms with Crippen molar-refractivity contribution in [1.29, 1.82) is 0 Å². The van der Waals surface area contributed by atoms with Gasteiger partial charge >= 0.3 is 0 Å². The van der Waals surface area contributed by atoms with Gasteiger partial charge in [-0.2, -0.15) is 0 Å². The number of anilines is 1. The zero-order valence-corrected chi connectivity index (χ0v) is 12.7. The minimum atomic E-state index is -0.330. The van der Waals surface area contributed by atoms with E-state index in [0.717, 1.165) is 20.8 Å². The summed E-state index contributed by atoms with van der Waals surface area (Å²) in [5, 5.41) is 7.24. The van der Waals surface area contributed by atoms with Crippen LogP contribution in [0.2, 0.25) is 0 Å². The topological polar surface area (TPSA) is 68.0 Å². The van der Waals surface area contributed by atoms with E-state index in [1.165, 1.54) is 12.3 Å². The van der Waals surface area contributed by atoms with Crippen LogP contribution in [0.25, 0.3) is 20.8 Å². The van der Waals surface area contributed by atoms with Gasteiger partial charge in [0.05, 0.1) is 16.4 Å². The first-order chi connectivity index (χ1) is 11.3. The van der Waals surface area contributed by atoms with Crippen LogP contribution in [0.3, 0.4) is 0 Å². The number of thiazole rings is 1. The molecule has 1 amide bonds. The molecule has 1 N–H and O–H groups in total. The molecule has 0 saturated carbocycles. The number of amides is 1. The number of carbonyl (C=O) groups is 1. The number of nitrogens with zero attached hydrogens (tertiary/aromatic N) is 2. The molecular weight excluding hydrogens is 310 g/mol. The molecule has 2 aromatic heterocycles. The van der Waals surface area contributed by atoms with Crippen molar-refractivity contribution >= 4 is 33.1 Å². The predicted octanol–water partition coefficient (Wildman–Crippen LogP) is 4.20. The quantitative estimate of drug-likeness (QED) is 0.614. The number of aromatic nitrogens is 2. The molecular formula is C17H11N3O2S. The number of para-hydroxylation sites is 1. The largest absolute Gasteiger partial charge is 0.351 e. The van der Waals surface area contributed by atoms with E-state index in [1.54, 1.807) is 11.3 Å². The third-order valence-corrected chi connectivity index (χ3v) is 4.41. The van der Waals surface area contributed by atoms with Crippen LogP contribution in [-0.2, 0) is 0 Å².